The number of alkyl halides is 3. The smallest absolute Gasteiger partial charge is 0.418 e. The number of ether oxygens (including phenoxy) is 1. The maximum Gasteiger partial charge on any atom is 0.418 e. The van der Waals surface area contributed by atoms with Crippen LogP contribution in [0, 0.1) is 11.3 Å². The highest BCUT2D eigenvalue weighted by Gasteiger charge is 2.36. The third kappa shape index (κ3) is 3.85. The molecule has 1 fully saturated rings. The van der Waals surface area contributed by atoms with Crippen molar-refractivity contribution in [3.05, 3.63) is 53.7 Å². The van der Waals surface area contributed by atoms with Gasteiger partial charge in [0.2, 0.25) is 5.88 Å². The molecule has 0 bridgehead atoms. The number of pyridine rings is 1. The standard InChI is InChI=1S/C17H13F3N4O2/c18-17(19,20)13-3-1-2-4-14(13)23-16(25)24-9-12(10-24)26-15-7-11(8-21)5-6-22-15/h1-7,12H,9-10H2,(H,23,25). The number of carbonyl (C=O) groups is 1. The largest absolute Gasteiger partial charge is 0.471 e. The maximum atomic E-state index is 12.9. The lowest BCUT2D eigenvalue weighted by Gasteiger charge is -2.38. The van der Waals surface area contributed by atoms with Gasteiger partial charge in [0, 0.05) is 12.3 Å². The first-order valence-corrected chi connectivity index (χ1v) is 7.62. The molecule has 2 amide bonds. The van der Waals surface area contributed by atoms with Gasteiger partial charge in [-0.3, -0.25) is 0 Å². The SMILES string of the molecule is N#Cc1ccnc(OC2CN(C(=O)Nc3ccccc3C(F)(F)F)C2)c1. The zero-order valence-electron chi connectivity index (χ0n) is 13.3. The number of hydrogen-bond donors (Lipinski definition) is 1. The van der Waals surface area contributed by atoms with Crippen molar-refractivity contribution < 1.29 is 22.7 Å². The van der Waals surface area contributed by atoms with Crippen molar-refractivity contribution in [3.63, 3.8) is 0 Å². The van der Waals surface area contributed by atoms with Crippen LogP contribution in [0.15, 0.2) is 42.6 Å². The Kier molecular flexibility index (Phi) is 4.67. The van der Waals surface area contributed by atoms with Gasteiger partial charge in [-0.15, -0.1) is 0 Å². The molecule has 9 heteroatoms. The van der Waals surface area contributed by atoms with Crippen LogP contribution in [-0.4, -0.2) is 35.1 Å². The maximum absolute atomic E-state index is 12.9. The number of hydrogen-bond acceptors (Lipinski definition) is 4. The monoisotopic (exact) mass is 362 g/mol. The summed E-state index contributed by atoms with van der Waals surface area (Å²) in [5.74, 6) is 0.261. The average molecular weight is 362 g/mol. The molecule has 2 heterocycles. The van der Waals surface area contributed by atoms with Gasteiger partial charge in [-0.05, 0) is 18.2 Å². The number of likely N-dealkylation sites (tertiary alicyclic amines) is 1. The van der Waals surface area contributed by atoms with Gasteiger partial charge < -0.3 is 15.0 Å². The summed E-state index contributed by atoms with van der Waals surface area (Å²) < 4.78 is 44.4. The second kappa shape index (κ2) is 6.92. The van der Waals surface area contributed by atoms with Crippen molar-refractivity contribution in [1.29, 1.82) is 5.26 Å². The van der Waals surface area contributed by atoms with Crippen LogP contribution in [0.2, 0.25) is 0 Å². The summed E-state index contributed by atoms with van der Waals surface area (Å²) >= 11 is 0. The summed E-state index contributed by atoms with van der Waals surface area (Å²) in [6.45, 7) is 0.414. The number of amides is 2. The average Bonchev–Trinajstić information content (AvgIpc) is 2.57. The van der Waals surface area contributed by atoms with Crippen molar-refractivity contribution >= 4 is 11.7 Å². The summed E-state index contributed by atoms with van der Waals surface area (Å²) in [5.41, 5.74) is -0.801. The van der Waals surface area contributed by atoms with Gasteiger partial charge in [0.15, 0.2) is 0 Å². The van der Waals surface area contributed by atoms with Crippen molar-refractivity contribution in [2.75, 3.05) is 18.4 Å². The van der Waals surface area contributed by atoms with E-state index in [-0.39, 0.29) is 30.8 Å². The summed E-state index contributed by atoms with van der Waals surface area (Å²) in [6.07, 6.45) is -3.45. The Morgan fingerprint density at radius 3 is 2.73 bits per heavy atom. The Balaban J connectivity index is 1.57. The number of anilines is 1. The number of nitriles is 1. The molecule has 1 saturated heterocycles. The minimum absolute atomic E-state index is 0.207. The minimum atomic E-state index is -4.55. The van der Waals surface area contributed by atoms with E-state index in [0.29, 0.717) is 5.56 Å². The fraction of sp³-hybridized carbons (Fsp3) is 0.235. The zero-order valence-corrected chi connectivity index (χ0v) is 13.3. The summed E-state index contributed by atoms with van der Waals surface area (Å²) in [6, 6.07) is 9.12. The fourth-order valence-corrected chi connectivity index (χ4v) is 2.43. The van der Waals surface area contributed by atoms with Crippen molar-refractivity contribution in [2.24, 2.45) is 0 Å². The highest BCUT2D eigenvalue weighted by molar-refractivity contribution is 5.90. The second-order valence-corrected chi connectivity index (χ2v) is 5.61. The molecule has 1 aliphatic rings. The van der Waals surface area contributed by atoms with Gasteiger partial charge in [0.1, 0.15) is 6.10 Å². The third-order valence-electron chi connectivity index (χ3n) is 3.76. The molecule has 3 rings (SSSR count). The lowest BCUT2D eigenvalue weighted by atomic mass is 10.1. The van der Waals surface area contributed by atoms with Gasteiger partial charge in [-0.1, -0.05) is 12.1 Å². The van der Waals surface area contributed by atoms with E-state index in [1.165, 1.54) is 41.4 Å². The van der Waals surface area contributed by atoms with Gasteiger partial charge >= 0.3 is 12.2 Å². The van der Waals surface area contributed by atoms with Gasteiger partial charge in [-0.25, -0.2) is 9.78 Å². The van der Waals surface area contributed by atoms with Crippen LogP contribution in [0.3, 0.4) is 0 Å². The first-order valence-electron chi connectivity index (χ1n) is 7.62. The van der Waals surface area contributed by atoms with Crippen LogP contribution in [0.25, 0.3) is 0 Å². The number of nitrogens with one attached hydrogen (secondary N) is 1. The van der Waals surface area contributed by atoms with E-state index < -0.39 is 17.8 Å². The summed E-state index contributed by atoms with van der Waals surface area (Å²) in [7, 11) is 0. The molecule has 1 aromatic carbocycles. The van der Waals surface area contributed by atoms with E-state index in [4.69, 9.17) is 10.00 Å². The van der Waals surface area contributed by atoms with Crippen molar-refractivity contribution in [2.45, 2.75) is 12.3 Å². The van der Waals surface area contributed by atoms with Gasteiger partial charge in [0.05, 0.1) is 36.0 Å². The number of benzene rings is 1. The molecule has 0 radical (unpaired) electrons. The second-order valence-electron chi connectivity index (χ2n) is 5.61. The number of halogens is 3. The van der Waals surface area contributed by atoms with Crippen molar-refractivity contribution in [1.82, 2.24) is 9.88 Å². The molecule has 0 saturated carbocycles. The molecule has 0 spiro atoms. The van der Waals surface area contributed by atoms with E-state index in [1.807, 2.05) is 6.07 Å². The van der Waals surface area contributed by atoms with E-state index in [1.54, 1.807) is 0 Å². The molecule has 0 unspecified atom stereocenters. The number of carbonyl (C=O) groups excluding carboxylic acids is 1. The van der Waals surface area contributed by atoms with Crippen LogP contribution < -0.4 is 10.1 Å². The lowest BCUT2D eigenvalue weighted by Crippen LogP contribution is -2.57. The third-order valence-corrected chi connectivity index (χ3v) is 3.76. The molecule has 0 aliphatic carbocycles. The lowest BCUT2D eigenvalue weighted by molar-refractivity contribution is -0.136. The molecule has 26 heavy (non-hydrogen) atoms. The van der Waals surface area contributed by atoms with Crippen LogP contribution >= 0.6 is 0 Å². The molecule has 134 valence electrons. The molecule has 1 aliphatic heterocycles. The molecule has 0 atom stereocenters. The van der Waals surface area contributed by atoms with E-state index in [2.05, 4.69) is 10.3 Å². The van der Waals surface area contributed by atoms with Gasteiger partial charge in [0.25, 0.3) is 0 Å². The molecular weight excluding hydrogens is 349 g/mol. The predicted molar refractivity (Wildman–Crippen MR) is 85.4 cm³/mol. The first-order chi connectivity index (χ1) is 12.4. The number of urea groups is 1. The zero-order chi connectivity index (χ0) is 18.7. The topological polar surface area (TPSA) is 78.2 Å². The van der Waals surface area contributed by atoms with Crippen LogP contribution in [0.5, 0.6) is 5.88 Å². The summed E-state index contributed by atoms with van der Waals surface area (Å²) in [4.78, 5) is 17.4. The first kappa shape index (κ1) is 17.5. The Labute approximate surface area is 146 Å². The molecule has 1 aromatic heterocycles. The van der Waals surface area contributed by atoms with E-state index >= 15 is 0 Å². The fourth-order valence-electron chi connectivity index (χ4n) is 2.43. The Morgan fingerprint density at radius 2 is 2.04 bits per heavy atom. The van der Waals surface area contributed by atoms with E-state index in [9.17, 15) is 18.0 Å². The molecule has 6 nitrogen and oxygen atoms in total. The highest BCUT2D eigenvalue weighted by atomic mass is 19.4. The normalized spacial score (nSPS) is 14.3. The quantitative estimate of drug-likeness (QED) is 0.909. The summed E-state index contributed by atoms with van der Waals surface area (Å²) in [5, 5.41) is 11.1. The van der Waals surface area contributed by atoms with Crippen LogP contribution in [0.1, 0.15) is 11.1 Å². The number of para-hydroxylation sites is 1. The minimum Gasteiger partial charge on any atom is -0.471 e. The molecular formula is C17H13F3N4O2. The predicted octanol–water partition coefficient (Wildman–Crippen LogP) is 3.27. The number of nitrogens with zero attached hydrogens (tertiary/aromatic N) is 3. The Bertz CT molecular complexity index is 858. The highest BCUT2D eigenvalue weighted by Crippen LogP contribution is 2.34. The number of rotatable bonds is 3. The number of aromatic nitrogens is 1. The molecule has 2 aromatic rings. The van der Waals surface area contributed by atoms with E-state index in [0.717, 1.165) is 6.07 Å². The van der Waals surface area contributed by atoms with Crippen LogP contribution in [0.4, 0.5) is 23.7 Å². The van der Waals surface area contributed by atoms with Crippen LogP contribution in [-0.2, 0) is 6.18 Å². The Morgan fingerprint density at radius 1 is 1.31 bits per heavy atom. The van der Waals surface area contributed by atoms with Crippen molar-refractivity contribution in [3.8, 4) is 11.9 Å². The van der Waals surface area contributed by atoms with Gasteiger partial charge in [-0.2, -0.15) is 18.4 Å². The molecule has 1 N–H and O–H groups in total. The Hall–Kier alpha value is -3.28.